The average molecular weight is 478 g/mol. The van der Waals surface area contributed by atoms with Crippen LogP contribution in [0.25, 0.3) is 38.9 Å². The Morgan fingerprint density at radius 1 is 0.750 bits per heavy atom. The predicted molar refractivity (Wildman–Crippen MR) is 132 cm³/mol. The molecular formula is C25H17Cl2N3OS. The number of nitrogens with zero attached hydrogens (tertiary/aromatic N) is 3. The number of thiazole rings is 1. The fourth-order valence-electron chi connectivity index (χ4n) is 3.37. The van der Waals surface area contributed by atoms with E-state index in [0.717, 1.165) is 44.7 Å². The van der Waals surface area contributed by atoms with Gasteiger partial charge in [0, 0.05) is 32.1 Å². The van der Waals surface area contributed by atoms with Crippen LogP contribution in [0.4, 0.5) is 0 Å². The summed E-state index contributed by atoms with van der Waals surface area (Å²) < 4.78 is 7.14. The molecule has 0 spiro atoms. The van der Waals surface area contributed by atoms with E-state index in [1.807, 2.05) is 82.9 Å². The first-order valence-electron chi connectivity index (χ1n) is 9.83. The van der Waals surface area contributed by atoms with Crippen molar-refractivity contribution < 1.29 is 4.74 Å². The average Bonchev–Trinajstić information content (AvgIpc) is 3.48. The van der Waals surface area contributed by atoms with Gasteiger partial charge < -0.3 is 4.74 Å². The molecule has 2 heterocycles. The molecule has 3 aromatic carbocycles. The minimum atomic E-state index is 0.689. The normalized spacial score (nSPS) is 11.0. The van der Waals surface area contributed by atoms with E-state index >= 15 is 0 Å². The van der Waals surface area contributed by atoms with Crippen molar-refractivity contribution >= 4 is 34.5 Å². The van der Waals surface area contributed by atoms with E-state index in [1.165, 1.54) is 0 Å². The fourth-order valence-corrected chi connectivity index (χ4v) is 4.42. The molecule has 158 valence electrons. The lowest BCUT2D eigenvalue weighted by Crippen LogP contribution is -1.99. The highest BCUT2D eigenvalue weighted by Gasteiger charge is 2.16. The molecule has 0 fully saturated rings. The van der Waals surface area contributed by atoms with Gasteiger partial charge in [-0.1, -0.05) is 47.5 Å². The number of ether oxygens (including phenoxy) is 1. The molecule has 4 nitrogen and oxygen atoms in total. The first-order chi connectivity index (χ1) is 15.6. The molecule has 0 saturated carbocycles. The first-order valence-corrected chi connectivity index (χ1v) is 11.5. The van der Waals surface area contributed by atoms with E-state index in [0.29, 0.717) is 10.0 Å². The molecule has 5 aromatic rings. The number of methoxy groups -OCH3 is 1. The van der Waals surface area contributed by atoms with Crippen molar-refractivity contribution in [1.82, 2.24) is 14.8 Å². The number of benzene rings is 3. The van der Waals surface area contributed by atoms with Crippen LogP contribution >= 0.6 is 34.5 Å². The minimum absolute atomic E-state index is 0.689. The number of halogens is 2. The largest absolute Gasteiger partial charge is 0.497 e. The van der Waals surface area contributed by atoms with Crippen LogP contribution in [0.2, 0.25) is 10.0 Å². The summed E-state index contributed by atoms with van der Waals surface area (Å²) in [6.07, 6.45) is 0. The molecule has 0 unspecified atom stereocenters. The smallest absolute Gasteiger partial charge is 0.211 e. The highest BCUT2D eigenvalue weighted by Crippen LogP contribution is 2.32. The van der Waals surface area contributed by atoms with Crippen molar-refractivity contribution in [3.8, 4) is 44.7 Å². The summed E-state index contributed by atoms with van der Waals surface area (Å²) in [6.45, 7) is 0. The number of aromatic nitrogens is 3. The standard InChI is InChI=1S/C25H17Cl2N3OS/c1-31-21-12-6-17(7-13-21)23-15-32-25(28-23)30-24(18-4-10-20(27)11-5-18)14-22(29-30)16-2-8-19(26)9-3-16/h2-15H,1H3. The van der Waals surface area contributed by atoms with Crippen LogP contribution < -0.4 is 4.74 Å². The van der Waals surface area contributed by atoms with Gasteiger partial charge in [0.2, 0.25) is 5.13 Å². The zero-order valence-electron chi connectivity index (χ0n) is 17.0. The summed E-state index contributed by atoms with van der Waals surface area (Å²) in [5.74, 6) is 0.814. The lowest BCUT2D eigenvalue weighted by Gasteiger charge is -2.04. The summed E-state index contributed by atoms with van der Waals surface area (Å²) in [7, 11) is 1.66. The summed E-state index contributed by atoms with van der Waals surface area (Å²) in [4.78, 5) is 4.86. The van der Waals surface area contributed by atoms with E-state index in [2.05, 4.69) is 6.07 Å². The van der Waals surface area contributed by atoms with Crippen LogP contribution in [-0.2, 0) is 0 Å². The molecule has 0 aliphatic carbocycles. The molecule has 7 heteroatoms. The lowest BCUT2D eigenvalue weighted by molar-refractivity contribution is 0.415. The Kier molecular flexibility index (Phi) is 5.70. The molecular weight excluding hydrogens is 461 g/mol. The molecule has 0 radical (unpaired) electrons. The van der Waals surface area contributed by atoms with Crippen LogP contribution in [0.3, 0.4) is 0 Å². The summed E-state index contributed by atoms with van der Waals surface area (Å²) in [6, 6.07) is 25.3. The van der Waals surface area contributed by atoms with Gasteiger partial charge in [0.1, 0.15) is 5.75 Å². The SMILES string of the molecule is COc1ccc(-c2csc(-n3nc(-c4ccc(Cl)cc4)cc3-c3ccc(Cl)cc3)n2)cc1. The summed E-state index contributed by atoms with van der Waals surface area (Å²) in [5, 5.41) is 9.07. The van der Waals surface area contributed by atoms with Crippen LogP contribution in [-0.4, -0.2) is 21.9 Å². The maximum atomic E-state index is 6.11. The van der Waals surface area contributed by atoms with Crippen molar-refractivity contribution in [3.05, 3.63) is 94.3 Å². The molecule has 2 aromatic heterocycles. The number of rotatable bonds is 5. The Labute approximate surface area is 199 Å². The van der Waals surface area contributed by atoms with E-state index in [4.69, 9.17) is 38.0 Å². The van der Waals surface area contributed by atoms with Gasteiger partial charge >= 0.3 is 0 Å². The number of hydrogen-bond acceptors (Lipinski definition) is 4. The van der Waals surface area contributed by atoms with E-state index < -0.39 is 0 Å². The van der Waals surface area contributed by atoms with Crippen molar-refractivity contribution in [1.29, 1.82) is 0 Å². The Morgan fingerprint density at radius 3 is 1.94 bits per heavy atom. The van der Waals surface area contributed by atoms with Crippen LogP contribution in [0.5, 0.6) is 5.75 Å². The highest BCUT2D eigenvalue weighted by molar-refractivity contribution is 7.12. The van der Waals surface area contributed by atoms with E-state index in [9.17, 15) is 0 Å². The van der Waals surface area contributed by atoms with Crippen LogP contribution in [0, 0.1) is 0 Å². The van der Waals surface area contributed by atoms with Crippen LogP contribution in [0.15, 0.2) is 84.2 Å². The Balaban J connectivity index is 1.59. The molecule has 0 atom stereocenters. The second kappa shape index (κ2) is 8.79. The minimum Gasteiger partial charge on any atom is -0.497 e. The van der Waals surface area contributed by atoms with Gasteiger partial charge in [-0.3, -0.25) is 0 Å². The summed E-state index contributed by atoms with van der Waals surface area (Å²) in [5.41, 5.74) is 5.67. The van der Waals surface area contributed by atoms with Gasteiger partial charge in [-0.15, -0.1) is 11.3 Å². The maximum Gasteiger partial charge on any atom is 0.211 e. The zero-order valence-corrected chi connectivity index (χ0v) is 19.3. The molecule has 0 bridgehead atoms. The maximum absolute atomic E-state index is 6.11. The number of hydrogen-bond donors (Lipinski definition) is 0. The topological polar surface area (TPSA) is 39.9 Å². The van der Waals surface area contributed by atoms with Crippen LogP contribution in [0.1, 0.15) is 0 Å². The van der Waals surface area contributed by atoms with Gasteiger partial charge in [0.05, 0.1) is 24.2 Å². The summed E-state index contributed by atoms with van der Waals surface area (Å²) >= 11 is 13.7. The third-order valence-electron chi connectivity index (χ3n) is 5.05. The van der Waals surface area contributed by atoms with E-state index in [1.54, 1.807) is 18.4 Å². The third kappa shape index (κ3) is 4.15. The molecule has 5 rings (SSSR count). The second-order valence-corrected chi connectivity index (χ2v) is 8.79. The predicted octanol–water partition coefficient (Wildman–Crippen LogP) is 7.65. The molecule has 32 heavy (non-hydrogen) atoms. The van der Waals surface area contributed by atoms with Gasteiger partial charge in [-0.25, -0.2) is 9.67 Å². The van der Waals surface area contributed by atoms with E-state index in [-0.39, 0.29) is 0 Å². The van der Waals surface area contributed by atoms with Gasteiger partial charge in [-0.2, -0.15) is 5.10 Å². The Hall–Kier alpha value is -3.12. The quantitative estimate of drug-likeness (QED) is 0.261. The second-order valence-electron chi connectivity index (χ2n) is 7.08. The monoisotopic (exact) mass is 477 g/mol. The Morgan fingerprint density at radius 2 is 1.31 bits per heavy atom. The highest BCUT2D eigenvalue weighted by atomic mass is 35.5. The van der Waals surface area contributed by atoms with Crippen molar-refractivity contribution in [2.24, 2.45) is 0 Å². The lowest BCUT2D eigenvalue weighted by atomic mass is 10.1. The van der Waals surface area contributed by atoms with Crippen molar-refractivity contribution in [3.63, 3.8) is 0 Å². The van der Waals surface area contributed by atoms with Gasteiger partial charge in [-0.05, 0) is 54.6 Å². The Bertz CT molecular complexity index is 1360. The molecule has 0 aliphatic rings. The fraction of sp³-hybridized carbons (Fsp3) is 0.0400. The molecule has 0 amide bonds. The molecule has 0 aliphatic heterocycles. The van der Waals surface area contributed by atoms with Gasteiger partial charge in [0.25, 0.3) is 0 Å². The third-order valence-corrected chi connectivity index (χ3v) is 6.37. The van der Waals surface area contributed by atoms with Crippen molar-refractivity contribution in [2.75, 3.05) is 7.11 Å². The van der Waals surface area contributed by atoms with Crippen molar-refractivity contribution in [2.45, 2.75) is 0 Å². The zero-order chi connectivity index (χ0) is 22.1. The molecule has 0 N–H and O–H groups in total. The molecule has 0 saturated heterocycles. The first kappa shape index (κ1) is 20.8. The van der Waals surface area contributed by atoms with Gasteiger partial charge in [0.15, 0.2) is 0 Å².